The molecule has 0 saturated heterocycles. The molecule has 0 aliphatic heterocycles. The summed E-state index contributed by atoms with van der Waals surface area (Å²) < 4.78 is 29.7. The van der Waals surface area contributed by atoms with Crippen molar-refractivity contribution in [2.24, 2.45) is 5.92 Å². The van der Waals surface area contributed by atoms with Crippen LogP contribution in [0.15, 0.2) is 18.2 Å². The van der Waals surface area contributed by atoms with E-state index < -0.39 is 10.0 Å². The second kappa shape index (κ2) is 6.98. The molecule has 1 atom stereocenters. The lowest BCUT2D eigenvalue weighted by molar-refractivity contribution is 0.164. The van der Waals surface area contributed by atoms with Gasteiger partial charge in [0.15, 0.2) is 0 Å². The lowest BCUT2D eigenvalue weighted by Crippen LogP contribution is -2.16. The summed E-state index contributed by atoms with van der Waals surface area (Å²) in [5, 5.41) is 3.57. The standard InChI is InChI=1S/C12H19ClN2O3S/c1-9(8-18-2)7-14-10-4-5-12(11(13)6-10)15-19(3,16)17/h4-6,9,14-15H,7-8H2,1-3H3. The monoisotopic (exact) mass is 306 g/mol. The first-order chi connectivity index (χ1) is 8.81. The molecular formula is C12H19ClN2O3S. The Kier molecular flexibility index (Phi) is 5.90. The van der Waals surface area contributed by atoms with Crippen LogP contribution in [0, 0.1) is 5.92 Å². The molecule has 1 unspecified atom stereocenters. The number of methoxy groups -OCH3 is 1. The van der Waals surface area contributed by atoms with Gasteiger partial charge in [-0.05, 0) is 24.1 Å². The average molecular weight is 307 g/mol. The Hall–Kier alpha value is -0.980. The van der Waals surface area contributed by atoms with Gasteiger partial charge in [-0.3, -0.25) is 4.72 Å². The summed E-state index contributed by atoms with van der Waals surface area (Å²) in [4.78, 5) is 0. The number of ether oxygens (including phenoxy) is 1. The predicted octanol–water partition coefficient (Wildman–Crippen LogP) is 2.41. The SMILES string of the molecule is COCC(C)CNc1ccc(NS(C)(=O)=O)c(Cl)c1. The second-order valence-electron chi connectivity index (χ2n) is 4.51. The van der Waals surface area contributed by atoms with E-state index in [9.17, 15) is 8.42 Å². The van der Waals surface area contributed by atoms with Crippen molar-refractivity contribution in [3.63, 3.8) is 0 Å². The molecule has 1 aromatic carbocycles. The molecular weight excluding hydrogens is 288 g/mol. The number of benzene rings is 1. The molecule has 0 aromatic heterocycles. The summed E-state index contributed by atoms with van der Waals surface area (Å²) >= 11 is 6.02. The van der Waals surface area contributed by atoms with Crippen molar-refractivity contribution >= 4 is 33.0 Å². The fraction of sp³-hybridized carbons (Fsp3) is 0.500. The van der Waals surface area contributed by atoms with E-state index in [-0.39, 0.29) is 0 Å². The van der Waals surface area contributed by atoms with Crippen LogP contribution in [-0.2, 0) is 14.8 Å². The minimum atomic E-state index is -3.32. The van der Waals surface area contributed by atoms with Gasteiger partial charge in [-0.1, -0.05) is 18.5 Å². The molecule has 7 heteroatoms. The number of sulfonamides is 1. The number of nitrogens with one attached hydrogen (secondary N) is 2. The number of anilines is 2. The summed E-state index contributed by atoms with van der Waals surface area (Å²) in [5.41, 5.74) is 1.21. The van der Waals surface area contributed by atoms with E-state index in [0.717, 1.165) is 18.5 Å². The Morgan fingerprint density at radius 1 is 1.42 bits per heavy atom. The van der Waals surface area contributed by atoms with E-state index in [1.807, 2.05) is 0 Å². The Morgan fingerprint density at radius 2 is 2.11 bits per heavy atom. The van der Waals surface area contributed by atoms with Gasteiger partial charge in [-0.25, -0.2) is 8.42 Å². The van der Waals surface area contributed by atoms with Crippen LogP contribution in [0.25, 0.3) is 0 Å². The molecule has 0 amide bonds. The summed E-state index contributed by atoms with van der Waals surface area (Å²) in [6, 6.07) is 5.10. The number of hydrogen-bond acceptors (Lipinski definition) is 4. The molecule has 0 saturated carbocycles. The van der Waals surface area contributed by atoms with Crippen LogP contribution < -0.4 is 10.0 Å². The molecule has 108 valence electrons. The zero-order chi connectivity index (χ0) is 14.5. The van der Waals surface area contributed by atoms with Crippen LogP contribution in [0.4, 0.5) is 11.4 Å². The minimum absolute atomic E-state index is 0.356. The van der Waals surface area contributed by atoms with E-state index in [2.05, 4.69) is 17.0 Å². The highest BCUT2D eigenvalue weighted by atomic mass is 35.5. The first-order valence-corrected chi connectivity index (χ1v) is 8.09. The first kappa shape index (κ1) is 16.1. The zero-order valence-corrected chi connectivity index (χ0v) is 12.8. The second-order valence-corrected chi connectivity index (χ2v) is 6.67. The summed E-state index contributed by atoms with van der Waals surface area (Å²) in [6.07, 6.45) is 1.09. The maximum Gasteiger partial charge on any atom is 0.229 e. The van der Waals surface area contributed by atoms with Crippen LogP contribution in [0.2, 0.25) is 5.02 Å². The van der Waals surface area contributed by atoms with Gasteiger partial charge in [-0.2, -0.15) is 0 Å². The van der Waals surface area contributed by atoms with Gasteiger partial charge in [0.2, 0.25) is 10.0 Å². The molecule has 1 aromatic rings. The van der Waals surface area contributed by atoms with Crippen LogP contribution in [0.3, 0.4) is 0 Å². The average Bonchev–Trinajstić information content (AvgIpc) is 2.28. The van der Waals surface area contributed by atoms with Gasteiger partial charge in [0.25, 0.3) is 0 Å². The van der Waals surface area contributed by atoms with Crippen molar-refractivity contribution in [2.45, 2.75) is 6.92 Å². The number of hydrogen-bond donors (Lipinski definition) is 2. The number of halogens is 1. The first-order valence-electron chi connectivity index (χ1n) is 5.82. The van der Waals surface area contributed by atoms with Crippen LogP contribution in [0.1, 0.15) is 6.92 Å². The largest absolute Gasteiger partial charge is 0.385 e. The Balaban J connectivity index is 2.66. The van der Waals surface area contributed by atoms with Crippen LogP contribution in [0.5, 0.6) is 0 Å². The highest BCUT2D eigenvalue weighted by Crippen LogP contribution is 2.26. The molecule has 19 heavy (non-hydrogen) atoms. The highest BCUT2D eigenvalue weighted by molar-refractivity contribution is 7.92. The van der Waals surface area contributed by atoms with Crippen molar-refractivity contribution in [3.8, 4) is 0 Å². The maximum atomic E-state index is 11.1. The van der Waals surface area contributed by atoms with Crippen molar-refractivity contribution in [1.29, 1.82) is 0 Å². The minimum Gasteiger partial charge on any atom is -0.385 e. The third kappa shape index (κ3) is 6.13. The predicted molar refractivity (Wildman–Crippen MR) is 79.4 cm³/mol. The van der Waals surface area contributed by atoms with Crippen molar-refractivity contribution < 1.29 is 13.2 Å². The van der Waals surface area contributed by atoms with Gasteiger partial charge < -0.3 is 10.1 Å². The normalized spacial score (nSPS) is 13.1. The Bertz CT molecular complexity index is 520. The number of rotatable bonds is 7. The molecule has 0 heterocycles. The van der Waals surface area contributed by atoms with Gasteiger partial charge in [0.1, 0.15) is 0 Å². The fourth-order valence-corrected chi connectivity index (χ4v) is 2.40. The van der Waals surface area contributed by atoms with Gasteiger partial charge in [0, 0.05) is 19.3 Å². The summed E-state index contributed by atoms with van der Waals surface area (Å²) in [5.74, 6) is 0.373. The third-order valence-electron chi connectivity index (χ3n) is 2.37. The van der Waals surface area contributed by atoms with E-state index in [0.29, 0.717) is 23.2 Å². The molecule has 1 rings (SSSR count). The molecule has 0 aliphatic rings. The van der Waals surface area contributed by atoms with E-state index in [4.69, 9.17) is 16.3 Å². The van der Waals surface area contributed by atoms with Crippen molar-refractivity contribution in [3.05, 3.63) is 23.2 Å². The highest BCUT2D eigenvalue weighted by Gasteiger charge is 2.07. The van der Waals surface area contributed by atoms with E-state index >= 15 is 0 Å². The van der Waals surface area contributed by atoms with E-state index in [1.165, 1.54) is 0 Å². The summed E-state index contributed by atoms with van der Waals surface area (Å²) in [6.45, 7) is 3.50. The van der Waals surface area contributed by atoms with Gasteiger partial charge >= 0.3 is 0 Å². The van der Waals surface area contributed by atoms with Gasteiger partial charge in [0.05, 0.1) is 23.6 Å². The van der Waals surface area contributed by atoms with Crippen molar-refractivity contribution in [1.82, 2.24) is 0 Å². The Morgan fingerprint density at radius 3 is 2.63 bits per heavy atom. The lowest BCUT2D eigenvalue weighted by atomic mass is 10.2. The van der Waals surface area contributed by atoms with Crippen molar-refractivity contribution in [2.75, 3.05) is 36.6 Å². The molecule has 2 N–H and O–H groups in total. The molecule has 5 nitrogen and oxygen atoms in total. The van der Waals surface area contributed by atoms with Crippen LogP contribution >= 0.6 is 11.6 Å². The fourth-order valence-electron chi connectivity index (χ4n) is 1.54. The Labute approximate surface area is 119 Å². The van der Waals surface area contributed by atoms with E-state index in [1.54, 1.807) is 25.3 Å². The summed E-state index contributed by atoms with van der Waals surface area (Å²) in [7, 11) is -1.65. The molecule has 0 fully saturated rings. The molecule has 0 spiro atoms. The molecule has 0 radical (unpaired) electrons. The third-order valence-corrected chi connectivity index (χ3v) is 3.27. The smallest absolute Gasteiger partial charge is 0.229 e. The molecule has 0 bridgehead atoms. The zero-order valence-electron chi connectivity index (χ0n) is 11.2. The quantitative estimate of drug-likeness (QED) is 0.812. The van der Waals surface area contributed by atoms with Gasteiger partial charge in [-0.15, -0.1) is 0 Å². The van der Waals surface area contributed by atoms with Crippen LogP contribution in [-0.4, -0.2) is 34.9 Å². The molecule has 0 aliphatic carbocycles. The topological polar surface area (TPSA) is 67.4 Å². The lowest BCUT2D eigenvalue weighted by Gasteiger charge is -2.14. The maximum absolute atomic E-state index is 11.1.